The predicted molar refractivity (Wildman–Crippen MR) is 97.1 cm³/mol. The van der Waals surface area contributed by atoms with E-state index in [1.165, 1.54) is 6.20 Å². The maximum absolute atomic E-state index is 12.5. The summed E-state index contributed by atoms with van der Waals surface area (Å²) < 4.78 is 0. The van der Waals surface area contributed by atoms with Gasteiger partial charge in [-0.3, -0.25) is 14.9 Å². The molecule has 0 spiro atoms. The molecule has 1 N–H and O–H groups in total. The second-order valence-electron chi connectivity index (χ2n) is 6.47. The van der Waals surface area contributed by atoms with E-state index in [0.717, 1.165) is 11.3 Å². The van der Waals surface area contributed by atoms with Crippen molar-refractivity contribution in [3.63, 3.8) is 0 Å². The molecule has 3 rings (SSSR count). The van der Waals surface area contributed by atoms with Gasteiger partial charge in [0.05, 0.1) is 11.3 Å². The average molecular weight is 338 g/mol. The Kier molecular flexibility index (Phi) is 4.79. The Morgan fingerprint density at radius 1 is 1.24 bits per heavy atom. The number of nitrogens with one attached hydrogen (secondary N) is 1. The molecule has 0 bridgehead atoms. The van der Waals surface area contributed by atoms with Gasteiger partial charge in [-0.2, -0.15) is 0 Å². The summed E-state index contributed by atoms with van der Waals surface area (Å²) in [6.45, 7) is 1.77. The normalized spacial score (nSPS) is 16.3. The summed E-state index contributed by atoms with van der Waals surface area (Å²) in [7, 11) is 4.00. The molecule has 1 atom stereocenters. The summed E-state index contributed by atoms with van der Waals surface area (Å²) in [5.74, 6) is 0.275. The molecule has 0 fully saturated rings. The molecule has 0 saturated heterocycles. The van der Waals surface area contributed by atoms with Crippen LogP contribution in [-0.4, -0.2) is 35.8 Å². The zero-order valence-electron chi connectivity index (χ0n) is 14.7. The Balaban J connectivity index is 1.84. The number of carbonyl (C=O) groups excluding carboxylic acids is 2. The molecule has 130 valence electrons. The monoisotopic (exact) mass is 338 g/mol. The molecular formula is C19H22N4O2. The number of rotatable bonds is 4. The summed E-state index contributed by atoms with van der Waals surface area (Å²) in [5, 5.41) is 2.65. The van der Waals surface area contributed by atoms with Gasteiger partial charge in [0.1, 0.15) is 0 Å². The van der Waals surface area contributed by atoms with Gasteiger partial charge in [0, 0.05) is 38.8 Å². The van der Waals surface area contributed by atoms with Gasteiger partial charge in [-0.25, -0.2) is 9.97 Å². The lowest BCUT2D eigenvalue weighted by Crippen LogP contribution is -2.22. The van der Waals surface area contributed by atoms with Crippen molar-refractivity contribution in [2.24, 2.45) is 0 Å². The molecule has 1 heterocycles. The number of anilines is 2. The first-order chi connectivity index (χ1) is 12.0. The molecule has 1 aliphatic rings. The van der Waals surface area contributed by atoms with Gasteiger partial charge in [0.2, 0.25) is 11.9 Å². The molecule has 1 aromatic carbocycles. The number of fused-ring (bicyclic) bond motifs is 1. The molecule has 25 heavy (non-hydrogen) atoms. The largest absolute Gasteiger partial charge is 0.378 e. The Labute approximate surface area is 147 Å². The van der Waals surface area contributed by atoms with Crippen molar-refractivity contribution < 1.29 is 9.59 Å². The summed E-state index contributed by atoms with van der Waals surface area (Å²) in [5.41, 5.74) is 3.52. The van der Waals surface area contributed by atoms with Gasteiger partial charge in [-0.05, 0) is 30.0 Å². The quantitative estimate of drug-likeness (QED) is 0.928. The summed E-state index contributed by atoms with van der Waals surface area (Å²) in [4.78, 5) is 34.5. The number of carbonyl (C=O) groups is 2. The van der Waals surface area contributed by atoms with Crippen LogP contribution in [0.4, 0.5) is 11.6 Å². The van der Waals surface area contributed by atoms with Crippen molar-refractivity contribution in [2.75, 3.05) is 24.3 Å². The van der Waals surface area contributed by atoms with Crippen LogP contribution >= 0.6 is 0 Å². The van der Waals surface area contributed by atoms with Gasteiger partial charge >= 0.3 is 0 Å². The van der Waals surface area contributed by atoms with E-state index in [-0.39, 0.29) is 23.6 Å². The number of amides is 1. The number of benzene rings is 1. The van der Waals surface area contributed by atoms with E-state index >= 15 is 0 Å². The van der Waals surface area contributed by atoms with Crippen molar-refractivity contribution in [3.05, 3.63) is 47.3 Å². The molecule has 1 amide bonds. The molecule has 2 aromatic rings. The zero-order chi connectivity index (χ0) is 18.0. The Morgan fingerprint density at radius 2 is 1.96 bits per heavy atom. The zero-order valence-corrected chi connectivity index (χ0v) is 14.7. The minimum Gasteiger partial charge on any atom is -0.378 e. The topological polar surface area (TPSA) is 75.2 Å². The number of nitrogens with zero attached hydrogens (tertiary/aromatic N) is 3. The first-order valence-electron chi connectivity index (χ1n) is 8.44. The second kappa shape index (κ2) is 7.01. The molecule has 6 nitrogen and oxygen atoms in total. The minimum atomic E-state index is -0.141. The summed E-state index contributed by atoms with van der Waals surface area (Å²) in [6.07, 6.45) is 3.01. The Hall–Kier alpha value is -2.76. The molecule has 1 aromatic heterocycles. The third kappa shape index (κ3) is 3.68. The number of aromatic nitrogens is 2. The lowest BCUT2D eigenvalue weighted by molar-refractivity contribution is -0.115. The molecule has 1 aliphatic carbocycles. The van der Waals surface area contributed by atoms with Crippen LogP contribution in [0.2, 0.25) is 0 Å². The number of hydrogen-bond donors (Lipinski definition) is 1. The number of hydrogen-bond acceptors (Lipinski definition) is 5. The lowest BCUT2D eigenvalue weighted by Gasteiger charge is -2.24. The molecule has 0 unspecified atom stereocenters. The van der Waals surface area contributed by atoms with Gasteiger partial charge in [0.25, 0.3) is 0 Å². The van der Waals surface area contributed by atoms with Crippen molar-refractivity contribution in [3.8, 4) is 0 Å². The molecule has 0 saturated carbocycles. The number of ketones is 1. The van der Waals surface area contributed by atoms with Crippen molar-refractivity contribution in [1.29, 1.82) is 0 Å². The molecule has 0 aliphatic heterocycles. The van der Waals surface area contributed by atoms with E-state index in [2.05, 4.69) is 39.6 Å². The fourth-order valence-corrected chi connectivity index (χ4v) is 3.00. The van der Waals surface area contributed by atoms with E-state index < -0.39 is 0 Å². The Bertz CT molecular complexity index is 800. The van der Waals surface area contributed by atoms with Gasteiger partial charge in [-0.15, -0.1) is 0 Å². The number of Topliss-reactive ketones (excluding diaryl/α,β-unsaturated/α-hetero) is 1. The van der Waals surface area contributed by atoms with Crippen molar-refractivity contribution in [2.45, 2.75) is 32.1 Å². The highest BCUT2D eigenvalue weighted by Gasteiger charge is 2.28. The van der Waals surface area contributed by atoms with Crippen LogP contribution in [0, 0.1) is 0 Å². The summed E-state index contributed by atoms with van der Waals surface area (Å²) in [6, 6.07) is 8.25. The average Bonchev–Trinajstić information content (AvgIpc) is 2.61. The van der Waals surface area contributed by atoms with E-state index in [4.69, 9.17) is 0 Å². The fourth-order valence-electron chi connectivity index (χ4n) is 3.00. The van der Waals surface area contributed by atoms with Gasteiger partial charge < -0.3 is 4.90 Å². The summed E-state index contributed by atoms with van der Waals surface area (Å²) >= 11 is 0. The van der Waals surface area contributed by atoms with Crippen molar-refractivity contribution in [1.82, 2.24) is 9.97 Å². The molecular weight excluding hydrogens is 316 g/mol. The van der Waals surface area contributed by atoms with Crippen molar-refractivity contribution >= 4 is 23.3 Å². The highest BCUT2D eigenvalue weighted by atomic mass is 16.1. The maximum Gasteiger partial charge on any atom is 0.229 e. The maximum atomic E-state index is 12.5. The first-order valence-corrected chi connectivity index (χ1v) is 8.44. The molecule has 0 radical (unpaired) electrons. The van der Waals surface area contributed by atoms with Crippen LogP contribution in [0.5, 0.6) is 0 Å². The Morgan fingerprint density at radius 3 is 2.60 bits per heavy atom. The smallest absolute Gasteiger partial charge is 0.229 e. The van der Waals surface area contributed by atoms with Gasteiger partial charge in [0.15, 0.2) is 5.78 Å². The van der Waals surface area contributed by atoms with Crippen LogP contribution in [-0.2, 0) is 11.2 Å². The van der Waals surface area contributed by atoms with Gasteiger partial charge in [-0.1, -0.05) is 19.1 Å². The standard InChI is InChI=1S/C19H22N4O2/c1-4-18(25)22-19-20-11-15-16(21-19)9-13(10-17(15)24)12-5-7-14(8-6-12)23(2)3/h5-8,11,13H,4,9-10H2,1-3H3,(H,20,21,22,25)/t13-/m0/s1. The van der Waals surface area contributed by atoms with Crippen LogP contribution < -0.4 is 10.2 Å². The second-order valence-corrected chi connectivity index (χ2v) is 6.47. The van der Waals surface area contributed by atoms with E-state index in [1.54, 1.807) is 6.92 Å². The SMILES string of the molecule is CCC(=O)Nc1ncc2c(n1)C[C@H](c1ccc(N(C)C)cc1)CC2=O. The fraction of sp³-hybridized carbons (Fsp3) is 0.368. The van der Waals surface area contributed by atoms with Crippen LogP contribution in [0.15, 0.2) is 30.5 Å². The van der Waals surface area contributed by atoms with Crippen LogP contribution in [0.25, 0.3) is 0 Å². The van der Waals surface area contributed by atoms with E-state index in [1.807, 2.05) is 19.0 Å². The third-order valence-electron chi connectivity index (χ3n) is 4.49. The first kappa shape index (κ1) is 17.1. The van der Waals surface area contributed by atoms with Crippen LogP contribution in [0.3, 0.4) is 0 Å². The third-order valence-corrected chi connectivity index (χ3v) is 4.49. The predicted octanol–water partition coefficient (Wildman–Crippen LogP) is 2.80. The molecule has 6 heteroatoms. The van der Waals surface area contributed by atoms with Crippen LogP contribution in [0.1, 0.15) is 47.3 Å². The lowest BCUT2D eigenvalue weighted by atomic mass is 9.82. The highest BCUT2D eigenvalue weighted by molar-refractivity contribution is 5.98. The minimum absolute atomic E-state index is 0.0521. The highest BCUT2D eigenvalue weighted by Crippen LogP contribution is 2.32. The van der Waals surface area contributed by atoms with E-state index in [0.29, 0.717) is 30.5 Å². The van der Waals surface area contributed by atoms with E-state index in [9.17, 15) is 9.59 Å².